The number of carbonyl (C=O) groups is 2. The number of amides is 1. The molecule has 1 aromatic heterocycles. The maximum absolute atomic E-state index is 11.7. The molecule has 0 aliphatic rings. The molecule has 1 rings (SSSR count). The molecule has 1 atom stereocenters. The van der Waals surface area contributed by atoms with Crippen LogP contribution in [0.2, 0.25) is 0 Å². The Kier molecular flexibility index (Phi) is 5.07. The summed E-state index contributed by atoms with van der Waals surface area (Å²) >= 11 is 1.25. The lowest BCUT2D eigenvalue weighted by Gasteiger charge is -2.27. The van der Waals surface area contributed by atoms with Crippen LogP contribution in [0.25, 0.3) is 0 Å². The summed E-state index contributed by atoms with van der Waals surface area (Å²) < 4.78 is 4.87. The lowest BCUT2D eigenvalue weighted by Crippen LogP contribution is -2.50. The number of rotatable bonds is 5. The molecule has 5 nitrogen and oxygen atoms in total. The highest BCUT2D eigenvalue weighted by Gasteiger charge is 2.30. The van der Waals surface area contributed by atoms with E-state index in [1.54, 1.807) is 24.4 Å². The zero-order valence-corrected chi connectivity index (χ0v) is 11.9. The van der Waals surface area contributed by atoms with Crippen LogP contribution in [0.5, 0.6) is 0 Å². The van der Waals surface area contributed by atoms with Gasteiger partial charge in [-0.1, -0.05) is 19.9 Å². The summed E-state index contributed by atoms with van der Waals surface area (Å²) in [6, 6.07) is 5.41. The number of thiophene rings is 1. The zero-order chi connectivity index (χ0) is 14.5. The van der Waals surface area contributed by atoms with Crippen molar-refractivity contribution >= 4 is 23.2 Å². The van der Waals surface area contributed by atoms with Gasteiger partial charge in [-0.3, -0.25) is 4.79 Å². The number of hydrogen-bond donors (Lipinski definition) is 1. The minimum Gasteiger partial charge on any atom is -0.451 e. The minimum atomic E-state index is -0.966. The average molecular weight is 280 g/mol. The van der Waals surface area contributed by atoms with E-state index in [1.165, 1.54) is 11.3 Å². The Bertz CT molecular complexity index is 490. The van der Waals surface area contributed by atoms with Crippen LogP contribution in [0, 0.1) is 17.2 Å². The predicted octanol–water partition coefficient (Wildman–Crippen LogP) is 1.96. The molecule has 1 amide bonds. The molecule has 19 heavy (non-hydrogen) atoms. The first-order valence-corrected chi connectivity index (χ1v) is 6.70. The first kappa shape index (κ1) is 15.2. The Labute approximate surface area is 116 Å². The van der Waals surface area contributed by atoms with E-state index in [1.807, 2.05) is 13.8 Å². The van der Waals surface area contributed by atoms with Crippen LogP contribution >= 0.6 is 11.3 Å². The van der Waals surface area contributed by atoms with Gasteiger partial charge in [0.15, 0.2) is 6.61 Å². The second-order valence-corrected chi connectivity index (χ2v) is 5.52. The van der Waals surface area contributed by atoms with Crippen molar-refractivity contribution in [1.29, 1.82) is 5.26 Å². The summed E-state index contributed by atoms with van der Waals surface area (Å²) in [6.45, 7) is 4.92. The number of esters is 1. The normalized spacial score (nSPS) is 13.4. The summed E-state index contributed by atoms with van der Waals surface area (Å²) in [5.41, 5.74) is -0.966. The van der Waals surface area contributed by atoms with Gasteiger partial charge in [0.2, 0.25) is 0 Å². The number of nitrogens with zero attached hydrogens (tertiary/aromatic N) is 1. The van der Waals surface area contributed by atoms with Crippen molar-refractivity contribution < 1.29 is 14.3 Å². The van der Waals surface area contributed by atoms with Gasteiger partial charge in [0, 0.05) is 0 Å². The molecule has 1 aromatic rings. The van der Waals surface area contributed by atoms with Crippen LogP contribution in [-0.4, -0.2) is 24.0 Å². The van der Waals surface area contributed by atoms with E-state index in [-0.39, 0.29) is 12.5 Å². The molecule has 1 N–H and O–H groups in total. The van der Waals surface area contributed by atoms with Gasteiger partial charge in [0.1, 0.15) is 10.4 Å². The lowest BCUT2D eigenvalue weighted by atomic mass is 9.90. The third-order valence-electron chi connectivity index (χ3n) is 2.84. The molecule has 102 valence electrons. The van der Waals surface area contributed by atoms with Gasteiger partial charge >= 0.3 is 5.97 Å². The van der Waals surface area contributed by atoms with Crippen molar-refractivity contribution in [1.82, 2.24) is 5.32 Å². The summed E-state index contributed by atoms with van der Waals surface area (Å²) in [5, 5.41) is 13.4. The number of nitrogens with one attached hydrogen (secondary N) is 1. The van der Waals surface area contributed by atoms with Gasteiger partial charge in [0.25, 0.3) is 5.91 Å². The maximum atomic E-state index is 11.7. The van der Waals surface area contributed by atoms with Crippen molar-refractivity contribution in [3.63, 3.8) is 0 Å². The van der Waals surface area contributed by atoms with Crippen LogP contribution in [0.15, 0.2) is 17.5 Å². The average Bonchev–Trinajstić information content (AvgIpc) is 2.89. The van der Waals surface area contributed by atoms with Gasteiger partial charge in [0.05, 0.1) is 6.07 Å². The standard InChI is InChI=1S/C13H16N2O3S/c1-9(2)13(3,8-14)15-11(16)7-18-12(17)10-5-4-6-19-10/h4-6,9H,7H2,1-3H3,(H,15,16)/t13-/m1/s1. The monoisotopic (exact) mass is 280 g/mol. The van der Waals surface area contributed by atoms with E-state index in [0.717, 1.165) is 0 Å². The molecule has 0 spiro atoms. The van der Waals surface area contributed by atoms with E-state index in [0.29, 0.717) is 4.88 Å². The minimum absolute atomic E-state index is 0.0468. The van der Waals surface area contributed by atoms with Gasteiger partial charge in [-0.25, -0.2) is 4.79 Å². The number of ether oxygens (including phenoxy) is 1. The highest BCUT2D eigenvalue weighted by Crippen LogP contribution is 2.15. The second-order valence-electron chi connectivity index (χ2n) is 4.57. The van der Waals surface area contributed by atoms with Crippen molar-refractivity contribution in [3.8, 4) is 6.07 Å². The SMILES string of the molecule is CC(C)[C@@](C)(C#N)NC(=O)COC(=O)c1cccs1. The van der Waals surface area contributed by atoms with E-state index in [9.17, 15) is 9.59 Å². The topological polar surface area (TPSA) is 79.2 Å². The van der Waals surface area contributed by atoms with Crippen LogP contribution in [-0.2, 0) is 9.53 Å². The molecule has 0 unspecified atom stereocenters. The van der Waals surface area contributed by atoms with Crippen LogP contribution in [0.1, 0.15) is 30.4 Å². The number of nitriles is 1. The van der Waals surface area contributed by atoms with Crippen molar-refractivity contribution in [3.05, 3.63) is 22.4 Å². The Morgan fingerprint density at radius 2 is 2.26 bits per heavy atom. The fourth-order valence-corrected chi connectivity index (χ4v) is 1.84. The van der Waals surface area contributed by atoms with Gasteiger partial charge in [-0.05, 0) is 24.3 Å². The van der Waals surface area contributed by atoms with Crippen molar-refractivity contribution in [2.24, 2.45) is 5.92 Å². The third kappa shape index (κ3) is 4.07. The Balaban J connectivity index is 2.49. The van der Waals surface area contributed by atoms with E-state index < -0.39 is 17.4 Å². The molecular weight excluding hydrogens is 264 g/mol. The highest BCUT2D eigenvalue weighted by molar-refractivity contribution is 7.11. The van der Waals surface area contributed by atoms with Crippen LogP contribution < -0.4 is 5.32 Å². The number of carbonyl (C=O) groups excluding carboxylic acids is 2. The molecule has 0 aliphatic heterocycles. The summed E-state index contributed by atoms with van der Waals surface area (Å²) in [4.78, 5) is 23.6. The first-order chi connectivity index (χ1) is 8.89. The first-order valence-electron chi connectivity index (χ1n) is 5.82. The molecule has 0 aliphatic carbocycles. The highest BCUT2D eigenvalue weighted by atomic mass is 32.1. The molecule has 0 saturated carbocycles. The third-order valence-corrected chi connectivity index (χ3v) is 3.69. The van der Waals surface area contributed by atoms with Crippen molar-refractivity contribution in [2.75, 3.05) is 6.61 Å². The largest absolute Gasteiger partial charge is 0.451 e. The van der Waals surface area contributed by atoms with Gasteiger partial charge in [-0.15, -0.1) is 11.3 Å². The van der Waals surface area contributed by atoms with E-state index in [2.05, 4.69) is 11.4 Å². The molecule has 0 saturated heterocycles. The quantitative estimate of drug-likeness (QED) is 0.836. The Hall–Kier alpha value is -1.87. The Morgan fingerprint density at radius 1 is 1.58 bits per heavy atom. The molecule has 6 heteroatoms. The van der Waals surface area contributed by atoms with Gasteiger partial charge in [-0.2, -0.15) is 5.26 Å². The van der Waals surface area contributed by atoms with Crippen LogP contribution in [0.3, 0.4) is 0 Å². The molecule has 0 fully saturated rings. The smallest absolute Gasteiger partial charge is 0.348 e. The zero-order valence-electron chi connectivity index (χ0n) is 11.1. The summed E-state index contributed by atoms with van der Waals surface area (Å²) in [5.74, 6) is -1.06. The maximum Gasteiger partial charge on any atom is 0.348 e. The fourth-order valence-electron chi connectivity index (χ4n) is 1.22. The van der Waals surface area contributed by atoms with E-state index >= 15 is 0 Å². The van der Waals surface area contributed by atoms with Gasteiger partial charge < -0.3 is 10.1 Å². The molecule has 0 bridgehead atoms. The number of hydrogen-bond acceptors (Lipinski definition) is 5. The Morgan fingerprint density at radius 3 is 2.74 bits per heavy atom. The molecule has 1 heterocycles. The molecule has 0 radical (unpaired) electrons. The fraction of sp³-hybridized carbons (Fsp3) is 0.462. The van der Waals surface area contributed by atoms with E-state index in [4.69, 9.17) is 10.00 Å². The lowest BCUT2D eigenvalue weighted by molar-refractivity contribution is -0.125. The molecular formula is C13H16N2O3S. The summed E-state index contributed by atoms with van der Waals surface area (Å²) in [7, 11) is 0. The predicted molar refractivity (Wildman–Crippen MR) is 71.6 cm³/mol. The second kappa shape index (κ2) is 6.34. The van der Waals surface area contributed by atoms with Crippen LogP contribution in [0.4, 0.5) is 0 Å². The molecule has 0 aromatic carbocycles. The van der Waals surface area contributed by atoms with Crippen molar-refractivity contribution in [2.45, 2.75) is 26.3 Å². The summed E-state index contributed by atoms with van der Waals surface area (Å²) in [6.07, 6.45) is 0.